The molecule has 0 saturated carbocycles. The molecule has 3 heterocycles. The molecule has 1 atom stereocenters. The van der Waals surface area contributed by atoms with Gasteiger partial charge in [-0.1, -0.05) is 17.3 Å². The van der Waals surface area contributed by atoms with Crippen molar-refractivity contribution < 1.29 is 9.26 Å². The number of hydrogen-bond donors (Lipinski definition) is 1. The maximum atomic E-state index is 5.59. The number of hydrogen-bond acceptors (Lipinski definition) is 5. The maximum absolute atomic E-state index is 5.59. The van der Waals surface area contributed by atoms with Crippen LogP contribution in [0.2, 0.25) is 0 Å². The zero-order valence-corrected chi connectivity index (χ0v) is 12.3. The first-order valence-corrected chi connectivity index (χ1v) is 7.73. The molecular weight excluding hydrogens is 280 g/mol. The van der Waals surface area contributed by atoms with Gasteiger partial charge in [0, 0.05) is 25.9 Å². The lowest BCUT2D eigenvalue weighted by atomic mass is 10.2. The van der Waals surface area contributed by atoms with E-state index >= 15 is 0 Å². The molecule has 1 aromatic carbocycles. The predicted octanol–water partition coefficient (Wildman–Crippen LogP) is 2.45. The van der Waals surface area contributed by atoms with E-state index in [0.29, 0.717) is 12.3 Å². The Hall–Kier alpha value is -2.21. The summed E-state index contributed by atoms with van der Waals surface area (Å²) in [6, 6.07) is 8.02. The fourth-order valence-electron chi connectivity index (χ4n) is 2.83. The highest BCUT2D eigenvalue weighted by Gasteiger charge is 2.19. The van der Waals surface area contributed by atoms with Crippen molar-refractivity contribution >= 4 is 11.0 Å². The Balaban J connectivity index is 1.37. The lowest BCUT2D eigenvalue weighted by Gasteiger charge is -2.03. The molecule has 3 aromatic rings. The third-order valence-electron chi connectivity index (χ3n) is 3.96. The van der Waals surface area contributed by atoms with Gasteiger partial charge in [-0.2, -0.15) is 4.98 Å². The maximum Gasteiger partial charge on any atom is 0.227 e. The SMILES string of the molecule is c1ccc2[nH]c(CCc3nc(CC4CCCO4)no3)nc2c1. The molecule has 22 heavy (non-hydrogen) atoms. The summed E-state index contributed by atoms with van der Waals surface area (Å²) >= 11 is 0. The van der Waals surface area contributed by atoms with E-state index in [1.54, 1.807) is 0 Å². The van der Waals surface area contributed by atoms with Gasteiger partial charge >= 0.3 is 0 Å². The summed E-state index contributed by atoms with van der Waals surface area (Å²) in [6.45, 7) is 0.849. The van der Waals surface area contributed by atoms with Crippen LogP contribution in [0.3, 0.4) is 0 Å². The van der Waals surface area contributed by atoms with Crippen molar-refractivity contribution in [2.45, 2.75) is 38.2 Å². The van der Waals surface area contributed by atoms with Crippen LogP contribution < -0.4 is 0 Å². The molecule has 1 N–H and O–H groups in total. The van der Waals surface area contributed by atoms with E-state index in [0.717, 1.165) is 55.0 Å². The second-order valence-electron chi connectivity index (χ2n) is 5.64. The average molecular weight is 298 g/mol. The van der Waals surface area contributed by atoms with Crippen LogP contribution in [0.4, 0.5) is 0 Å². The fourth-order valence-corrected chi connectivity index (χ4v) is 2.83. The Morgan fingerprint density at radius 2 is 2.14 bits per heavy atom. The number of para-hydroxylation sites is 2. The van der Waals surface area contributed by atoms with E-state index in [4.69, 9.17) is 9.26 Å². The second kappa shape index (κ2) is 5.88. The van der Waals surface area contributed by atoms with Gasteiger partial charge in [0.05, 0.1) is 17.1 Å². The van der Waals surface area contributed by atoms with Crippen LogP contribution in [0.25, 0.3) is 11.0 Å². The predicted molar refractivity (Wildman–Crippen MR) is 80.5 cm³/mol. The molecule has 1 aliphatic rings. The Bertz CT molecular complexity index is 725. The van der Waals surface area contributed by atoms with Crippen LogP contribution in [-0.4, -0.2) is 32.8 Å². The first-order chi connectivity index (χ1) is 10.9. The Kier molecular flexibility index (Phi) is 3.60. The third kappa shape index (κ3) is 2.87. The Morgan fingerprint density at radius 1 is 1.18 bits per heavy atom. The van der Waals surface area contributed by atoms with Crippen LogP contribution in [-0.2, 0) is 24.0 Å². The number of fused-ring (bicyclic) bond motifs is 1. The smallest absolute Gasteiger partial charge is 0.227 e. The molecule has 4 rings (SSSR count). The number of nitrogens with one attached hydrogen (secondary N) is 1. The van der Waals surface area contributed by atoms with Crippen molar-refractivity contribution in [3.05, 3.63) is 41.8 Å². The van der Waals surface area contributed by atoms with Crippen molar-refractivity contribution in [2.24, 2.45) is 0 Å². The minimum Gasteiger partial charge on any atom is -0.378 e. The monoisotopic (exact) mass is 298 g/mol. The van der Waals surface area contributed by atoms with Crippen molar-refractivity contribution in [1.82, 2.24) is 20.1 Å². The van der Waals surface area contributed by atoms with Crippen molar-refractivity contribution in [2.75, 3.05) is 6.61 Å². The fraction of sp³-hybridized carbons (Fsp3) is 0.438. The number of aromatic nitrogens is 4. The quantitative estimate of drug-likeness (QED) is 0.783. The Labute approximate surface area is 127 Å². The summed E-state index contributed by atoms with van der Waals surface area (Å²) in [5.74, 6) is 2.35. The van der Waals surface area contributed by atoms with Gasteiger partial charge in [0.2, 0.25) is 5.89 Å². The average Bonchev–Trinajstić information content (AvgIpc) is 3.26. The number of aromatic amines is 1. The second-order valence-corrected chi connectivity index (χ2v) is 5.64. The summed E-state index contributed by atoms with van der Waals surface area (Å²) in [4.78, 5) is 12.3. The molecule has 0 bridgehead atoms. The van der Waals surface area contributed by atoms with Gasteiger partial charge in [0.1, 0.15) is 5.82 Å². The van der Waals surface area contributed by atoms with Crippen molar-refractivity contribution in [3.63, 3.8) is 0 Å². The number of ether oxygens (including phenoxy) is 1. The summed E-state index contributed by atoms with van der Waals surface area (Å²) in [6.07, 6.45) is 4.66. The number of rotatable bonds is 5. The highest BCUT2D eigenvalue weighted by molar-refractivity contribution is 5.74. The summed E-state index contributed by atoms with van der Waals surface area (Å²) in [5.41, 5.74) is 2.05. The van der Waals surface area contributed by atoms with E-state index in [1.165, 1.54) is 0 Å². The molecule has 6 heteroatoms. The lowest BCUT2D eigenvalue weighted by Crippen LogP contribution is -2.10. The molecule has 1 fully saturated rings. The van der Waals surface area contributed by atoms with Gasteiger partial charge in [0.15, 0.2) is 5.82 Å². The Morgan fingerprint density at radius 3 is 3.00 bits per heavy atom. The minimum atomic E-state index is 0.251. The third-order valence-corrected chi connectivity index (χ3v) is 3.96. The summed E-state index contributed by atoms with van der Waals surface area (Å²) < 4.78 is 10.9. The molecule has 0 radical (unpaired) electrons. The van der Waals surface area contributed by atoms with Gasteiger partial charge < -0.3 is 14.2 Å². The van der Waals surface area contributed by atoms with E-state index in [-0.39, 0.29) is 6.10 Å². The van der Waals surface area contributed by atoms with E-state index in [1.807, 2.05) is 24.3 Å². The van der Waals surface area contributed by atoms with E-state index in [2.05, 4.69) is 20.1 Å². The number of nitrogens with zero attached hydrogens (tertiary/aromatic N) is 3. The molecule has 0 amide bonds. The van der Waals surface area contributed by atoms with Crippen LogP contribution in [0.1, 0.15) is 30.4 Å². The van der Waals surface area contributed by atoms with Crippen LogP contribution in [0.15, 0.2) is 28.8 Å². The zero-order valence-electron chi connectivity index (χ0n) is 12.3. The topological polar surface area (TPSA) is 76.8 Å². The molecule has 2 aromatic heterocycles. The number of aryl methyl sites for hydroxylation is 2. The number of H-pyrrole nitrogens is 1. The molecule has 1 unspecified atom stereocenters. The highest BCUT2D eigenvalue weighted by atomic mass is 16.5. The number of benzene rings is 1. The molecule has 1 aliphatic heterocycles. The molecule has 6 nitrogen and oxygen atoms in total. The van der Waals surface area contributed by atoms with Gasteiger partial charge in [-0.25, -0.2) is 4.98 Å². The summed E-state index contributed by atoms with van der Waals surface area (Å²) in [5, 5.41) is 4.04. The highest BCUT2D eigenvalue weighted by Crippen LogP contribution is 2.16. The number of imidazole rings is 1. The first-order valence-electron chi connectivity index (χ1n) is 7.73. The van der Waals surface area contributed by atoms with Crippen LogP contribution in [0.5, 0.6) is 0 Å². The summed E-state index contributed by atoms with van der Waals surface area (Å²) in [7, 11) is 0. The van der Waals surface area contributed by atoms with E-state index < -0.39 is 0 Å². The molecule has 1 saturated heterocycles. The van der Waals surface area contributed by atoms with E-state index in [9.17, 15) is 0 Å². The van der Waals surface area contributed by atoms with Gasteiger partial charge in [-0.15, -0.1) is 0 Å². The van der Waals surface area contributed by atoms with Crippen LogP contribution in [0, 0.1) is 0 Å². The van der Waals surface area contributed by atoms with Crippen molar-refractivity contribution in [1.29, 1.82) is 0 Å². The van der Waals surface area contributed by atoms with Gasteiger partial charge in [-0.05, 0) is 25.0 Å². The lowest BCUT2D eigenvalue weighted by molar-refractivity contribution is 0.109. The minimum absolute atomic E-state index is 0.251. The molecule has 0 spiro atoms. The normalized spacial score (nSPS) is 18.3. The van der Waals surface area contributed by atoms with Gasteiger partial charge in [0.25, 0.3) is 0 Å². The zero-order chi connectivity index (χ0) is 14.8. The molecular formula is C16H18N4O2. The largest absolute Gasteiger partial charge is 0.378 e. The first kappa shape index (κ1) is 13.5. The van der Waals surface area contributed by atoms with Gasteiger partial charge in [-0.3, -0.25) is 0 Å². The van der Waals surface area contributed by atoms with Crippen molar-refractivity contribution in [3.8, 4) is 0 Å². The standard InChI is InChI=1S/C16H18N4O2/c1-2-6-13-12(5-1)17-14(18-13)7-8-16-19-15(20-22-16)10-11-4-3-9-21-11/h1-2,5-6,11H,3-4,7-10H2,(H,17,18). The van der Waals surface area contributed by atoms with Crippen LogP contribution >= 0.6 is 0 Å². The molecule has 0 aliphatic carbocycles. The molecule has 114 valence electrons.